The number of nitrogens with zero attached hydrogens (tertiary/aromatic N) is 1. The lowest BCUT2D eigenvalue weighted by molar-refractivity contribution is -0.142. The molecule has 0 saturated heterocycles. The number of methoxy groups -OCH3 is 1. The van der Waals surface area contributed by atoms with Crippen molar-refractivity contribution in [1.82, 2.24) is 0 Å². The van der Waals surface area contributed by atoms with Gasteiger partial charge in [0.25, 0.3) is 0 Å². The van der Waals surface area contributed by atoms with Crippen LogP contribution in [0.3, 0.4) is 0 Å². The summed E-state index contributed by atoms with van der Waals surface area (Å²) in [5.41, 5.74) is 1.59. The van der Waals surface area contributed by atoms with E-state index in [-0.39, 0.29) is 18.2 Å². The molecule has 1 aliphatic rings. The normalized spacial score (nSPS) is 14.8. The van der Waals surface area contributed by atoms with E-state index in [9.17, 15) is 9.59 Å². The fourth-order valence-corrected chi connectivity index (χ4v) is 2.44. The van der Waals surface area contributed by atoms with Crippen molar-refractivity contribution < 1.29 is 23.8 Å². The van der Waals surface area contributed by atoms with Gasteiger partial charge in [0.1, 0.15) is 5.75 Å². The van der Waals surface area contributed by atoms with Gasteiger partial charge in [-0.1, -0.05) is 28.1 Å². The Morgan fingerprint density at radius 1 is 1.23 bits per heavy atom. The Labute approximate surface area is 158 Å². The van der Waals surface area contributed by atoms with Crippen molar-refractivity contribution in [2.24, 2.45) is 4.99 Å². The molecule has 0 aromatic heterocycles. The summed E-state index contributed by atoms with van der Waals surface area (Å²) < 4.78 is 16.0. The molecule has 26 heavy (non-hydrogen) atoms. The molecule has 0 atom stereocenters. The summed E-state index contributed by atoms with van der Waals surface area (Å²) in [6, 6.07) is 14.2. The van der Waals surface area contributed by atoms with E-state index in [1.54, 1.807) is 42.5 Å². The quantitative estimate of drug-likeness (QED) is 0.552. The number of cyclic esters (lactones) is 1. The molecular weight excluding hydrogens is 402 g/mol. The Balaban J connectivity index is 1.79. The molecule has 6 nitrogen and oxygen atoms in total. The minimum absolute atomic E-state index is 0.188. The third-order valence-electron chi connectivity index (χ3n) is 3.46. The number of benzene rings is 2. The Morgan fingerprint density at radius 2 is 2.00 bits per heavy atom. The zero-order valence-electron chi connectivity index (χ0n) is 13.8. The van der Waals surface area contributed by atoms with Gasteiger partial charge in [-0.15, -0.1) is 0 Å². The molecule has 0 fully saturated rings. The maximum absolute atomic E-state index is 12.1. The molecule has 0 bridgehead atoms. The Kier molecular flexibility index (Phi) is 5.48. The van der Waals surface area contributed by atoms with Crippen LogP contribution >= 0.6 is 15.9 Å². The zero-order chi connectivity index (χ0) is 18.5. The van der Waals surface area contributed by atoms with E-state index in [2.05, 4.69) is 25.7 Å². The number of carbonyl (C=O) groups excluding carboxylic acids is 2. The number of halogens is 1. The third-order valence-corrected chi connectivity index (χ3v) is 3.99. The molecule has 2 aromatic rings. The Morgan fingerprint density at radius 3 is 2.73 bits per heavy atom. The molecule has 0 N–H and O–H groups in total. The van der Waals surface area contributed by atoms with E-state index in [4.69, 9.17) is 9.47 Å². The molecule has 1 heterocycles. The molecule has 0 unspecified atom stereocenters. The van der Waals surface area contributed by atoms with Crippen LogP contribution in [0.1, 0.15) is 11.1 Å². The summed E-state index contributed by atoms with van der Waals surface area (Å²) in [7, 11) is 1.29. The Hall–Kier alpha value is -2.93. The summed E-state index contributed by atoms with van der Waals surface area (Å²) in [6.45, 7) is -0.190. The van der Waals surface area contributed by atoms with Gasteiger partial charge in [0.2, 0.25) is 5.90 Å². The highest BCUT2D eigenvalue weighted by atomic mass is 79.9. The molecule has 132 valence electrons. The smallest absolute Gasteiger partial charge is 0.363 e. The van der Waals surface area contributed by atoms with Crippen molar-refractivity contribution in [1.29, 1.82) is 0 Å². The SMILES string of the molecule is COC(=O)COc1cccc(/C=C2\N=C(c3ccc(Br)cc3)OC2=O)c1. The lowest BCUT2D eigenvalue weighted by Gasteiger charge is -2.05. The van der Waals surface area contributed by atoms with E-state index >= 15 is 0 Å². The largest absolute Gasteiger partial charge is 0.482 e. The Bertz CT molecular complexity index is 902. The molecular formula is C19H14BrNO5. The van der Waals surface area contributed by atoms with Crippen molar-refractivity contribution in [3.8, 4) is 5.75 Å². The summed E-state index contributed by atoms with van der Waals surface area (Å²) in [6.07, 6.45) is 1.60. The molecule has 0 spiro atoms. The van der Waals surface area contributed by atoms with Gasteiger partial charge in [-0.2, -0.15) is 0 Å². The number of ether oxygens (including phenoxy) is 3. The second-order valence-electron chi connectivity index (χ2n) is 5.28. The summed E-state index contributed by atoms with van der Waals surface area (Å²) >= 11 is 3.36. The van der Waals surface area contributed by atoms with Gasteiger partial charge in [0.15, 0.2) is 12.3 Å². The lowest BCUT2D eigenvalue weighted by Crippen LogP contribution is -2.12. The van der Waals surface area contributed by atoms with Crippen molar-refractivity contribution in [2.45, 2.75) is 0 Å². The number of hydrogen-bond acceptors (Lipinski definition) is 6. The van der Waals surface area contributed by atoms with E-state index in [0.717, 1.165) is 4.47 Å². The minimum Gasteiger partial charge on any atom is -0.482 e. The maximum atomic E-state index is 12.1. The number of hydrogen-bond donors (Lipinski definition) is 0. The number of rotatable bonds is 5. The lowest BCUT2D eigenvalue weighted by atomic mass is 10.2. The fraction of sp³-hybridized carbons (Fsp3) is 0.105. The average molecular weight is 416 g/mol. The number of aliphatic imine (C=N–C) groups is 1. The molecule has 3 rings (SSSR count). The van der Waals surface area contributed by atoms with Gasteiger partial charge in [0, 0.05) is 10.0 Å². The van der Waals surface area contributed by atoms with Crippen LogP contribution in [0.2, 0.25) is 0 Å². The third kappa shape index (κ3) is 4.37. The maximum Gasteiger partial charge on any atom is 0.363 e. The summed E-state index contributed by atoms with van der Waals surface area (Å²) in [5.74, 6) is -0.263. The summed E-state index contributed by atoms with van der Waals surface area (Å²) in [4.78, 5) is 27.5. The van der Waals surface area contributed by atoms with Crippen molar-refractivity contribution in [2.75, 3.05) is 13.7 Å². The van der Waals surface area contributed by atoms with Crippen molar-refractivity contribution >= 4 is 39.8 Å². The van der Waals surface area contributed by atoms with Crippen LogP contribution < -0.4 is 4.74 Å². The van der Waals surface area contributed by atoms with Crippen LogP contribution in [0.5, 0.6) is 5.75 Å². The van der Waals surface area contributed by atoms with Gasteiger partial charge < -0.3 is 14.2 Å². The highest BCUT2D eigenvalue weighted by Crippen LogP contribution is 2.22. The molecule has 7 heteroatoms. The molecule has 0 radical (unpaired) electrons. The zero-order valence-corrected chi connectivity index (χ0v) is 15.4. The van der Waals surface area contributed by atoms with Crippen LogP contribution in [0.15, 0.2) is 63.7 Å². The standard InChI is InChI=1S/C19H14BrNO5/c1-24-17(22)11-25-15-4-2-3-12(9-15)10-16-19(23)26-18(21-16)13-5-7-14(20)8-6-13/h2-10H,11H2,1H3/b16-10-. The first-order valence-corrected chi connectivity index (χ1v) is 8.42. The van der Waals surface area contributed by atoms with E-state index in [1.165, 1.54) is 7.11 Å². The highest BCUT2D eigenvalue weighted by molar-refractivity contribution is 9.10. The first kappa shape index (κ1) is 17.9. The van der Waals surface area contributed by atoms with Crippen LogP contribution in [0.4, 0.5) is 0 Å². The van der Waals surface area contributed by atoms with Crippen LogP contribution in [-0.4, -0.2) is 31.6 Å². The molecule has 0 aliphatic carbocycles. The first-order valence-electron chi connectivity index (χ1n) is 7.63. The molecule has 0 saturated carbocycles. The number of carbonyl (C=O) groups is 2. The van der Waals surface area contributed by atoms with Crippen molar-refractivity contribution in [3.05, 3.63) is 69.8 Å². The fourth-order valence-electron chi connectivity index (χ4n) is 2.18. The van der Waals surface area contributed by atoms with Crippen LogP contribution in [-0.2, 0) is 19.1 Å². The second-order valence-corrected chi connectivity index (χ2v) is 6.20. The summed E-state index contributed by atoms with van der Waals surface area (Å²) in [5, 5.41) is 0. The van der Waals surface area contributed by atoms with Gasteiger partial charge >= 0.3 is 11.9 Å². The first-order chi connectivity index (χ1) is 12.5. The number of esters is 2. The van der Waals surface area contributed by atoms with E-state index < -0.39 is 11.9 Å². The highest BCUT2D eigenvalue weighted by Gasteiger charge is 2.24. The van der Waals surface area contributed by atoms with Crippen molar-refractivity contribution in [3.63, 3.8) is 0 Å². The second kappa shape index (κ2) is 7.97. The van der Waals surface area contributed by atoms with Crippen LogP contribution in [0, 0.1) is 0 Å². The molecule has 2 aromatic carbocycles. The molecule has 0 amide bonds. The van der Waals surface area contributed by atoms with Gasteiger partial charge in [-0.25, -0.2) is 14.6 Å². The van der Waals surface area contributed by atoms with E-state index in [0.29, 0.717) is 16.9 Å². The average Bonchev–Trinajstić information content (AvgIpc) is 3.01. The van der Waals surface area contributed by atoms with Gasteiger partial charge in [-0.05, 0) is 48.0 Å². The van der Waals surface area contributed by atoms with Gasteiger partial charge in [0.05, 0.1) is 7.11 Å². The van der Waals surface area contributed by atoms with E-state index in [1.807, 2.05) is 12.1 Å². The minimum atomic E-state index is -0.524. The van der Waals surface area contributed by atoms with Crippen LogP contribution in [0.25, 0.3) is 6.08 Å². The molecule has 1 aliphatic heterocycles. The predicted molar refractivity (Wildman–Crippen MR) is 98.7 cm³/mol. The predicted octanol–water partition coefficient (Wildman–Crippen LogP) is 3.35. The monoisotopic (exact) mass is 415 g/mol. The van der Waals surface area contributed by atoms with Gasteiger partial charge in [-0.3, -0.25) is 0 Å². The topological polar surface area (TPSA) is 74.2 Å².